The van der Waals surface area contributed by atoms with E-state index in [0.717, 1.165) is 12.6 Å². The molecule has 0 spiro atoms. The van der Waals surface area contributed by atoms with Gasteiger partial charge in [-0.1, -0.05) is 37.3 Å². The highest BCUT2D eigenvalue weighted by molar-refractivity contribution is 7.80. The Labute approximate surface area is 116 Å². The first kappa shape index (κ1) is 15.9. The topological polar surface area (TPSA) is 29.3 Å². The number of benzene rings is 1. The van der Waals surface area contributed by atoms with Crippen LogP contribution in [0, 0.1) is 0 Å². The van der Waals surface area contributed by atoms with Gasteiger partial charge in [0, 0.05) is 19.5 Å². The van der Waals surface area contributed by atoms with E-state index in [1.807, 2.05) is 11.8 Å². The number of nitrogens with two attached hydrogens (primary N) is 1. The molecule has 0 atom stereocenters. The lowest BCUT2D eigenvalue weighted by Gasteiger charge is -2.20. The van der Waals surface area contributed by atoms with Crippen LogP contribution >= 0.6 is 12.2 Å². The maximum atomic E-state index is 12.6. The molecule has 0 amide bonds. The third kappa shape index (κ3) is 5.57. The van der Waals surface area contributed by atoms with Gasteiger partial charge in [-0.2, -0.15) is 13.2 Å². The number of thiocarbonyl (C=S) groups is 1. The Balaban J connectivity index is 2.72. The predicted molar refractivity (Wildman–Crippen MR) is 73.8 cm³/mol. The highest BCUT2D eigenvalue weighted by Crippen LogP contribution is 2.29. The van der Waals surface area contributed by atoms with Gasteiger partial charge >= 0.3 is 6.18 Å². The summed E-state index contributed by atoms with van der Waals surface area (Å²) in [6.45, 7) is 3.80. The highest BCUT2D eigenvalue weighted by atomic mass is 32.1. The van der Waals surface area contributed by atoms with Crippen molar-refractivity contribution in [1.82, 2.24) is 4.90 Å². The largest absolute Gasteiger partial charge is 0.416 e. The molecule has 1 aromatic carbocycles. The van der Waals surface area contributed by atoms with E-state index >= 15 is 0 Å². The molecule has 0 saturated carbocycles. The molecule has 0 bridgehead atoms. The van der Waals surface area contributed by atoms with E-state index in [1.165, 1.54) is 12.1 Å². The van der Waals surface area contributed by atoms with Crippen LogP contribution in [0.2, 0.25) is 0 Å². The molecule has 0 radical (unpaired) electrons. The lowest BCUT2D eigenvalue weighted by atomic mass is 10.1. The summed E-state index contributed by atoms with van der Waals surface area (Å²) in [7, 11) is 0. The molecule has 0 unspecified atom stereocenters. The van der Waals surface area contributed by atoms with Crippen LogP contribution in [0.3, 0.4) is 0 Å². The average Bonchev–Trinajstić information content (AvgIpc) is 2.33. The van der Waals surface area contributed by atoms with Crippen molar-refractivity contribution in [2.75, 3.05) is 13.1 Å². The molecular weight excluding hydrogens is 273 g/mol. The van der Waals surface area contributed by atoms with Gasteiger partial charge in [-0.05, 0) is 18.2 Å². The number of halogens is 3. The van der Waals surface area contributed by atoms with E-state index in [2.05, 4.69) is 0 Å². The third-order valence-corrected chi connectivity index (χ3v) is 2.99. The van der Waals surface area contributed by atoms with Gasteiger partial charge in [-0.3, -0.25) is 4.90 Å². The van der Waals surface area contributed by atoms with E-state index in [1.54, 1.807) is 6.07 Å². The number of rotatable bonds is 6. The van der Waals surface area contributed by atoms with E-state index < -0.39 is 11.7 Å². The summed E-state index contributed by atoms with van der Waals surface area (Å²) in [6.07, 6.45) is -3.73. The summed E-state index contributed by atoms with van der Waals surface area (Å²) in [5.41, 5.74) is 5.45. The minimum absolute atomic E-state index is 0.419. The smallest absolute Gasteiger partial charge is 0.393 e. The van der Waals surface area contributed by atoms with Gasteiger partial charge in [0.2, 0.25) is 0 Å². The van der Waals surface area contributed by atoms with Crippen molar-refractivity contribution < 1.29 is 13.2 Å². The van der Waals surface area contributed by atoms with Crippen LogP contribution in [-0.2, 0) is 12.7 Å². The Hall–Kier alpha value is -1.14. The molecule has 1 aromatic rings. The van der Waals surface area contributed by atoms with Gasteiger partial charge in [-0.15, -0.1) is 0 Å². The quantitative estimate of drug-likeness (QED) is 0.816. The molecule has 106 valence electrons. The average molecular weight is 290 g/mol. The maximum absolute atomic E-state index is 12.6. The molecule has 0 aliphatic heterocycles. The molecule has 2 nitrogen and oxygen atoms in total. The summed E-state index contributed by atoms with van der Waals surface area (Å²) >= 11 is 4.80. The van der Waals surface area contributed by atoms with Gasteiger partial charge in [0.25, 0.3) is 0 Å². The van der Waals surface area contributed by atoms with Crippen molar-refractivity contribution in [2.24, 2.45) is 5.73 Å². The van der Waals surface area contributed by atoms with Crippen molar-refractivity contribution >= 4 is 17.2 Å². The maximum Gasteiger partial charge on any atom is 0.416 e. The minimum Gasteiger partial charge on any atom is -0.393 e. The Morgan fingerprint density at radius 1 is 1.37 bits per heavy atom. The van der Waals surface area contributed by atoms with Crippen LogP contribution in [0.5, 0.6) is 0 Å². The first-order valence-electron chi connectivity index (χ1n) is 5.99. The standard InChI is InChI=1S/C13H17F3N2S/c1-2-18(7-6-12(17)19)9-10-4-3-5-11(8-10)13(14,15)16/h3-5,8H,2,6-7,9H2,1H3,(H2,17,19). The van der Waals surface area contributed by atoms with Crippen LogP contribution in [-0.4, -0.2) is 23.0 Å². The van der Waals surface area contributed by atoms with Crippen molar-refractivity contribution in [2.45, 2.75) is 26.1 Å². The lowest BCUT2D eigenvalue weighted by Crippen LogP contribution is -2.27. The van der Waals surface area contributed by atoms with Crippen LogP contribution < -0.4 is 5.73 Å². The van der Waals surface area contributed by atoms with Crippen LogP contribution in [0.15, 0.2) is 24.3 Å². The minimum atomic E-state index is -4.30. The van der Waals surface area contributed by atoms with E-state index in [4.69, 9.17) is 18.0 Å². The molecule has 2 N–H and O–H groups in total. The van der Waals surface area contributed by atoms with Crippen molar-refractivity contribution in [3.8, 4) is 0 Å². The summed E-state index contributed by atoms with van der Waals surface area (Å²) in [5.74, 6) is 0. The second-order valence-electron chi connectivity index (χ2n) is 4.28. The normalized spacial score (nSPS) is 11.8. The van der Waals surface area contributed by atoms with Gasteiger partial charge < -0.3 is 5.73 Å². The monoisotopic (exact) mass is 290 g/mol. The Bertz CT molecular complexity index is 432. The Morgan fingerprint density at radius 2 is 2.05 bits per heavy atom. The zero-order valence-corrected chi connectivity index (χ0v) is 11.5. The second-order valence-corrected chi connectivity index (χ2v) is 4.81. The van der Waals surface area contributed by atoms with Gasteiger partial charge in [-0.25, -0.2) is 0 Å². The van der Waals surface area contributed by atoms with Gasteiger partial charge in [0.15, 0.2) is 0 Å². The van der Waals surface area contributed by atoms with E-state index in [0.29, 0.717) is 30.1 Å². The first-order chi connectivity index (χ1) is 8.82. The van der Waals surface area contributed by atoms with Gasteiger partial charge in [0.05, 0.1) is 10.6 Å². The Morgan fingerprint density at radius 3 is 2.58 bits per heavy atom. The summed E-state index contributed by atoms with van der Waals surface area (Å²) in [4.78, 5) is 2.43. The molecule has 19 heavy (non-hydrogen) atoms. The van der Waals surface area contributed by atoms with Crippen LogP contribution in [0.1, 0.15) is 24.5 Å². The zero-order valence-electron chi connectivity index (χ0n) is 10.7. The SMILES string of the molecule is CCN(CCC(N)=S)Cc1cccc(C(F)(F)F)c1. The molecule has 0 saturated heterocycles. The zero-order chi connectivity index (χ0) is 14.5. The van der Waals surface area contributed by atoms with Crippen LogP contribution in [0.4, 0.5) is 13.2 Å². The van der Waals surface area contributed by atoms with E-state index in [9.17, 15) is 13.2 Å². The number of alkyl halides is 3. The Kier molecular flexibility index (Phi) is 5.75. The molecule has 0 aliphatic carbocycles. The molecule has 0 heterocycles. The predicted octanol–water partition coefficient (Wildman–Crippen LogP) is 3.20. The molecule has 0 aromatic heterocycles. The fourth-order valence-electron chi connectivity index (χ4n) is 1.72. The molecule has 0 aliphatic rings. The molecule has 0 fully saturated rings. The number of nitrogens with zero attached hydrogens (tertiary/aromatic N) is 1. The lowest BCUT2D eigenvalue weighted by molar-refractivity contribution is -0.137. The summed E-state index contributed by atoms with van der Waals surface area (Å²) in [6, 6.07) is 5.39. The fourth-order valence-corrected chi connectivity index (χ4v) is 1.81. The van der Waals surface area contributed by atoms with Crippen molar-refractivity contribution in [1.29, 1.82) is 0 Å². The fraction of sp³-hybridized carbons (Fsp3) is 0.462. The molecule has 6 heteroatoms. The third-order valence-electron chi connectivity index (χ3n) is 2.78. The van der Waals surface area contributed by atoms with Gasteiger partial charge in [0.1, 0.15) is 0 Å². The number of hydrogen-bond acceptors (Lipinski definition) is 2. The van der Waals surface area contributed by atoms with E-state index in [-0.39, 0.29) is 0 Å². The van der Waals surface area contributed by atoms with Crippen LogP contribution in [0.25, 0.3) is 0 Å². The van der Waals surface area contributed by atoms with Crippen molar-refractivity contribution in [3.63, 3.8) is 0 Å². The first-order valence-corrected chi connectivity index (χ1v) is 6.40. The molecular formula is C13H17F3N2S. The summed E-state index contributed by atoms with van der Waals surface area (Å²) < 4.78 is 37.8. The highest BCUT2D eigenvalue weighted by Gasteiger charge is 2.30. The van der Waals surface area contributed by atoms with Crippen molar-refractivity contribution in [3.05, 3.63) is 35.4 Å². The second kappa shape index (κ2) is 6.86. The summed E-state index contributed by atoms with van der Waals surface area (Å²) in [5, 5.41) is 0. The molecule has 1 rings (SSSR count). The number of hydrogen-bond donors (Lipinski definition) is 1.